The Labute approximate surface area is 61.9 Å². The highest BCUT2D eigenvalue weighted by Crippen LogP contribution is 1.78. The Morgan fingerprint density at radius 2 is 2.10 bits per heavy atom. The molecule has 58 valence electrons. The van der Waals surface area contributed by atoms with Gasteiger partial charge in [-0.25, -0.2) is 13.1 Å². The van der Waals surface area contributed by atoms with Gasteiger partial charge in [-0.3, -0.25) is 0 Å². The van der Waals surface area contributed by atoms with Gasteiger partial charge in [0.2, 0.25) is 10.0 Å². The van der Waals surface area contributed by atoms with Gasteiger partial charge in [-0.15, -0.1) is 5.92 Å². The minimum Gasteiger partial charge on any atom is -0.212 e. The third kappa shape index (κ3) is 4.36. The SMILES string of the molecule is CC#CCNS(=O)(=O)CC. The molecule has 0 spiro atoms. The van der Waals surface area contributed by atoms with Crippen molar-refractivity contribution in [1.82, 2.24) is 4.72 Å². The van der Waals surface area contributed by atoms with Crippen LogP contribution in [0.15, 0.2) is 0 Å². The predicted octanol–water partition coefficient (Wildman–Crippen LogP) is -0.0510. The first kappa shape index (κ1) is 9.47. The summed E-state index contributed by atoms with van der Waals surface area (Å²) in [7, 11) is -3.04. The molecule has 0 heterocycles. The zero-order chi connectivity index (χ0) is 8.04. The number of nitrogens with one attached hydrogen (secondary N) is 1. The first-order valence-electron chi connectivity index (χ1n) is 2.99. The van der Waals surface area contributed by atoms with Gasteiger partial charge in [-0.2, -0.15) is 0 Å². The van der Waals surface area contributed by atoms with E-state index in [4.69, 9.17) is 0 Å². The van der Waals surface area contributed by atoms with Crippen molar-refractivity contribution in [2.75, 3.05) is 12.3 Å². The second kappa shape index (κ2) is 4.31. The summed E-state index contributed by atoms with van der Waals surface area (Å²) in [5.74, 6) is 5.30. The monoisotopic (exact) mass is 161 g/mol. The molecule has 0 fully saturated rings. The Morgan fingerprint density at radius 3 is 2.50 bits per heavy atom. The summed E-state index contributed by atoms with van der Waals surface area (Å²) < 4.78 is 23.7. The topological polar surface area (TPSA) is 46.2 Å². The molecule has 0 unspecified atom stereocenters. The van der Waals surface area contributed by atoms with Crippen LogP contribution < -0.4 is 4.72 Å². The summed E-state index contributed by atoms with van der Waals surface area (Å²) in [5.41, 5.74) is 0. The minimum absolute atomic E-state index is 0.110. The van der Waals surface area contributed by atoms with Gasteiger partial charge in [-0.1, -0.05) is 5.92 Å². The smallest absolute Gasteiger partial charge is 0.212 e. The van der Waals surface area contributed by atoms with Crippen LogP contribution in [0.5, 0.6) is 0 Å². The first-order chi connectivity index (χ1) is 4.62. The summed E-state index contributed by atoms with van der Waals surface area (Å²) >= 11 is 0. The molecule has 0 bridgehead atoms. The Bertz CT molecular complexity index is 232. The highest BCUT2D eigenvalue weighted by Gasteiger charge is 2.01. The van der Waals surface area contributed by atoms with Crippen LogP contribution in [0.3, 0.4) is 0 Å². The molecule has 0 atom stereocenters. The molecule has 0 aromatic rings. The fraction of sp³-hybridized carbons (Fsp3) is 0.667. The van der Waals surface area contributed by atoms with E-state index in [1.165, 1.54) is 0 Å². The van der Waals surface area contributed by atoms with Crippen LogP contribution in [-0.4, -0.2) is 20.7 Å². The molecule has 0 saturated carbocycles. The number of hydrogen-bond donors (Lipinski definition) is 1. The van der Waals surface area contributed by atoms with Gasteiger partial charge in [0.15, 0.2) is 0 Å². The van der Waals surface area contributed by atoms with Crippen molar-refractivity contribution in [2.24, 2.45) is 0 Å². The maximum absolute atomic E-state index is 10.7. The lowest BCUT2D eigenvalue weighted by molar-refractivity contribution is 0.587. The van der Waals surface area contributed by atoms with Gasteiger partial charge in [0.05, 0.1) is 12.3 Å². The molecular formula is C6H11NO2S. The molecule has 1 N–H and O–H groups in total. The van der Waals surface area contributed by atoms with Crippen molar-refractivity contribution in [3.8, 4) is 11.8 Å². The zero-order valence-corrected chi connectivity index (χ0v) is 6.96. The van der Waals surface area contributed by atoms with Gasteiger partial charge < -0.3 is 0 Å². The van der Waals surface area contributed by atoms with Crippen LogP contribution in [0, 0.1) is 11.8 Å². The molecule has 10 heavy (non-hydrogen) atoms. The Morgan fingerprint density at radius 1 is 1.50 bits per heavy atom. The molecule has 4 heteroatoms. The molecule has 0 aliphatic carbocycles. The lowest BCUT2D eigenvalue weighted by Crippen LogP contribution is -2.25. The van der Waals surface area contributed by atoms with Crippen molar-refractivity contribution in [3.63, 3.8) is 0 Å². The second-order valence-electron chi connectivity index (χ2n) is 1.65. The maximum Gasteiger partial charge on any atom is 0.212 e. The second-order valence-corrected chi connectivity index (χ2v) is 3.75. The van der Waals surface area contributed by atoms with Crippen LogP contribution >= 0.6 is 0 Å². The van der Waals surface area contributed by atoms with Crippen molar-refractivity contribution in [1.29, 1.82) is 0 Å². The normalized spacial score (nSPS) is 10.2. The van der Waals surface area contributed by atoms with E-state index >= 15 is 0 Å². The summed E-state index contributed by atoms with van der Waals surface area (Å²) in [6.45, 7) is 3.47. The Kier molecular flexibility index (Phi) is 4.08. The standard InChI is InChI=1S/C6H11NO2S/c1-3-5-6-7-10(8,9)4-2/h7H,4,6H2,1-2H3. The average molecular weight is 161 g/mol. The molecule has 0 radical (unpaired) electrons. The molecule has 0 aromatic carbocycles. The van der Waals surface area contributed by atoms with Crippen molar-refractivity contribution in [3.05, 3.63) is 0 Å². The average Bonchev–Trinajstić information content (AvgIpc) is 1.89. The quantitative estimate of drug-likeness (QED) is 0.590. The molecule has 0 aliphatic heterocycles. The van der Waals surface area contributed by atoms with E-state index in [0.717, 1.165) is 0 Å². The summed E-state index contributed by atoms with van der Waals surface area (Å²) in [6, 6.07) is 0. The first-order valence-corrected chi connectivity index (χ1v) is 4.64. The van der Waals surface area contributed by atoms with Gasteiger partial charge in [0.1, 0.15) is 0 Å². The van der Waals surface area contributed by atoms with Gasteiger partial charge >= 0.3 is 0 Å². The summed E-state index contributed by atoms with van der Waals surface area (Å²) in [4.78, 5) is 0. The highest BCUT2D eigenvalue weighted by molar-refractivity contribution is 7.89. The van der Waals surface area contributed by atoms with Gasteiger partial charge in [0.25, 0.3) is 0 Å². The van der Waals surface area contributed by atoms with E-state index in [9.17, 15) is 8.42 Å². The largest absolute Gasteiger partial charge is 0.212 e. The van der Waals surface area contributed by atoms with Gasteiger partial charge in [0, 0.05) is 0 Å². The third-order valence-electron chi connectivity index (χ3n) is 0.937. The molecule has 0 aliphatic rings. The zero-order valence-electron chi connectivity index (χ0n) is 6.14. The van der Waals surface area contributed by atoms with Crippen molar-refractivity contribution < 1.29 is 8.42 Å². The van der Waals surface area contributed by atoms with Crippen molar-refractivity contribution in [2.45, 2.75) is 13.8 Å². The molecule has 0 saturated heterocycles. The van der Waals surface area contributed by atoms with E-state index in [1.807, 2.05) is 0 Å². The summed E-state index contributed by atoms with van der Waals surface area (Å²) in [5, 5.41) is 0. The van der Waals surface area contributed by atoms with Crippen molar-refractivity contribution >= 4 is 10.0 Å². The van der Waals surface area contributed by atoms with E-state index in [2.05, 4.69) is 16.6 Å². The fourth-order valence-electron chi connectivity index (χ4n) is 0.336. The summed E-state index contributed by atoms with van der Waals surface area (Å²) in [6.07, 6.45) is 0. The van der Waals surface area contributed by atoms with Crippen LogP contribution in [0.25, 0.3) is 0 Å². The molecular weight excluding hydrogens is 150 g/mol. The van der Waals surface area contributed by atoms with E-state index in [0.29, 0.717) is 0 Å². The fourth-order valence-corrected chi connectivity index (χ4v) is 0.833. The van der Waals surface area contributed by atoms with E-state index in [1.54, 1.807) is 13.8 Å². The molecule has 3 nitrogen and oxygen atoms in total. The predicted molar refractivity (Wildman–Crippen MR) is 40.9 cm³/mol. The number of sulfonamides is 1. The van der Waals surface area contributed by atoms with Crippen LogP contribution in [0.4, 0.5) is 0 Å². The van der Waals surface area contributed by atoms with Gasteiger partial charge in [-0.05, 0) is 13.8 Å². The molecule has 0 amide bonds. The van der Waals surface area contributed by atoms with Crippen LogP contribution in [-0.2, 0) is 10.0 Å². The van der Waals surface area contributed by atoms with E-state index in [-0.39, 0.29) is 12.3 Å². The Hall–Kier alpha value is -0.530. The van der Waals surface area contributed by atoms with Crippen LogP contribution in [0.2, 0.25) is 0 Å². The molecule has 0 aromatic heterocycles. The Balaban J connectivity index is 3.77. The minimum atomic E-state index is -3.04. The van der Waals surface area contributed by atoms with E-state index < -0.39 is 10.0 Å². The third-order valence-corrected chi connectivity index (χ3v) is 2.28. The highest BCUT2D eigenvalue weighted by atomic mass is 32.2. The number of rotatable bonds is 3. The lowest BCUT2D eigenvalue weighted by atomic mass is 10.6. The lowest BCUT2D eigenvalue weighted by Gasteiger charge is -1.96. The van der Waals surface area contributed by atoms with Crippen LogP contribution in [0.1, 0.15) is 13.8 Å². The number of hydrogen-bond acceptors (Lipinski definition) is 2. The maximum atomic E-state index is 10.7. The molecule has 0 rings (SSSR count).